The molecule has 0 amide bonds. The minimum absolute atomic E-state index is 0.165. The lowest BCUT2D eigenvalue weighted by Gasteiger charge is -2.16. The van der Waals surface area contributed by atoms with E-state index in [2.05, 4.69) is 20.8 Å². The standard InChI is InChI=1S/C9H13ClO2S2/c1-9(2,3)6-7-4-5-8(13-7)14(10,11)12/h4-5H,6H2,1-3H3. The molecule has 1 aromatic rings. The molecular formula is C9H13ClO2S2. The van der Waals surface area contributed by atoms with Gasteiger partial charge in [-0.3, -0.25) is 0 Å². The van der Waals surface area contributed by atoms with Gasteiger partial charge in [-0.2, -0.15) is 0 Å². The lowest BCUT2D eigenvalue weighted by Crippen LogP contribution is -2.07. The summed E-state index contributed by atoms with van der Waals surface area (Å²) in [5, 5.41) is 0. The predicted octanol–water partition coefficient (Wildman–Crippen LogP) is 3.26. The predicted molar refractivity (Wildman–Crippen MR) is 60.5 cm³/mol. The number of hydrogen-bond donors (Lipinski definition) is 0. The maximum absolute atomic E-state index is 11.0. The van der Waals surface area contributed by atoms with Gasteiger partial charge >= 0.3 is 0 Å². The van der Waals surface area contributed by atoms with Crippen molar-refractivity contribution in [3.05, 3.63) is 17.0 Å². The van der Waals surface area contributed by atoms with Crippen molar-refractivity contribution >= 4 is 31.1 Å². The highest BCUT2D eigenvalue weighted by molar-refractivity contribution is 8.15. The average molecular weight is 253 g/mol. The largest absolute Gasteiger partial charge is 0.270 e. The van der Waals surface area contributed by atoms with Gasteiger partial charge in [0.05, 0.1) is 0 Å². The Labute approximate surface area is 93.3 Å². The van der Waals surface area contributed by atoms with E-state index in [1.807, 2.05) is 6.07 Å². The minimum Gasteiger partial charge on any atom is -0.206 e. The van der Waals surface area contributed by atoms with Gasteiger partial charge in [-0.1, -0.05) is 20.8 Å². The molecule has 0 bridgehead atoms. The highest BCUT2D eigenvalue weighted by atomic mass is 35.7. The molecular weight excluding hydrogens is 240 g/mol. The van der Waals surface area contributed by atoms with E-state index >= 15 is 0 Å². The summed E-state index contributed by atoms with van der Waals surface area (Å²) in [6.45, 7) is 6.34. The zero-order valence-electron chi connectivity index (χ0n) is 8.37. The van der Waals surface area contributed by atoms with Crippen LogP contribution in [-0.4, -0.2) is 8.42 Å². The highest BCUT2D eigenvalue weighted by Crippen LogP contribution is 2.29. The average Bonchev–Trinajstić information content (AvgIpc) is 2.29. The summed E-state index contributed by atoms with van der Waals surface area (Å²) in [5.74, 6) is 0. The van der Waals surface area contributed by atoms with Crippen LogP contribution < -0.4 is 0 Å². The third kappa shape index (κ3) is 3.59. The van der Waals surface area contributed by atoms with E-state index in [0.29, 0.717) is 0 Å². The third-order valence-corrected chi connectivity index (χ3v) is 4.76. The first-order chi connectivity index (χ1) is 6.18. The van der Waals surface area contributed by atoms with Crippen molar-refractivity contribution < 1.29 is 8.42 Å². The third-order valence-electron chi connectivity index (χ3n) is 1.58. The molecule has 5 heteroatoms. The maximum Gasteiger partial charge on any atom is 0.270 e. The highest BCUT2D eigenvalue weighted by Gasteiger charge is 2.17. The second-order valence-corrected chi connectivity index (χ2v) is 8.36. The first-order valence-corrected chi connectivity index (χ1v) is 7.34. The fourth-order valence-corrected chi connectivity index (χ4v) is 3.53. The molecule has 0 radical (unpaired) electrons. The van der Waals surface area contributed by atoms with E-state index in [1.54, 1.807) is 6.07 Å². The van der Waals surface area contributed by atoms with Crippen LogP contribution in [0.3, 0.4) is 0 Å². The van der Waals surface area contributed by atoms with Crippen molar-refractivity contribution in [2.45, 2.75) is 31.4 Å². The first kappa shape index (κ1) is 12.0. The van der Waals surface area contributed by atoms with Gasteiger partial charge in [0, 0.05) is 15.6 Å². The van der Waals surface area contributed by atoms with E-state index in [0.717, 1.165) is 11.3 Å². The first-order valence-electron chi connectivity index (χ1n) is 4.22. The van der Waals surface area contributed by atoms with Gasteiger partial charge in [-0.15, -0.1) is 11.3 Å². The van der Waals surface area contributed by atoms with Crippen LogP contribution in [-0.2, 0) is 15.5 Å². The lowest BCUT2D eigenvalue weighted by molar-refractivity contribution is 0.414. The normalized spacial score (nSPS) is 13.1. The molecule has 2 nitrogen and oxygen atoms in total. The van der Waals surface area contributed by atoms with Crippen molar-refractivity contribution in [1.29, 1.82) is 0 Å². The molecule has 0 atom stereocenters. The Hall–Kier alpha value is -0.0600. The molecule has 14 heavy (non-hydrogen) atoms. The summed E-state index contributed by atoms with van der Waals surface area (Å²) in [4.78, 5) is 1.05. The number of hydrogen-bond acceptors (Lipinski definition) is 3. The van der Waals surface area contributed by atoms with Gasteiger partial charge in [0.1, 0.15) is 4.21 Å². The number of rotatable bonds is 2. The van der Waals surface area contributed by atoms with Crippen molar-refractivity contribution in [2.75, 3.05) is 0 Å². The van der Waals surface area contributed by atoms with E-state index in [-0.39, 0.29) is 9.62 Å². The van der Waals surface area contributed by atoms with Crippen molar-refractivity contribution in [3.63, 3.8) is 0 Å². The van der Waals surface area contributed by atoms with E-state index in [4.69, 9.17) is 10.7 Å². The van der Waals surface area contributed by atoms with Gasteiger partial charge in [0.15, 0.2) is 0 Å². The van der Waals surface area contributed by atoms with Gasteiger partial charge < -0.3 is 0 Å². The molecule has 0 fully saturated rings. The summed E-state index contributed by atoms with van der Waals surface area (Å²) in [5.41, 5.74) is 0.165. The SMILES string of the molecule is CC(C)(C)Cc1ccc(S(=O)(=O)Cl)s1. The van der Waals surface area contributed by atoms with E-state index < -0.39 is 9.05 Å². The molecule has 1 aromatic heterocycles. The van der Waals surface area contributed by atoms with Crippen LogP contribution in [0.4, 0.5) is 0 Å². The molecule has 1 rings (SSSR count). The summed E-state index contributed by atoms with van der Waals surface area (Å²) < 4.78 is 22.2. The monoisotopic (exact) mass is 252 g/mol. The minimum atomic E-state index is -3.55. The van der Waals surface area contributed by atoms with Crippen LogP contribution in [0.2, 0.25) is 0 Å². The van der Waals surface area contributed by atoms with Crippen LogP contribution in [0.25, 0.3) is 0 Å². The molecule has 80 valence electrons. The zero-order chi connectivity index (χ0) is 11.0. The molecule has 0 unspecified atom stereocenters. The van der Waals surface area contributed by atoms with E-state index in [1.165, 1.54) is 11.3 Å². The summed E-state index contributed by atoms with van der Waals surface area (Å²) in [6, 6.07) is 3.39. The molecule has 0 aromatic carbocycles. The lowest BCUT2D eigenvalue weighted by atomic mass is 9.92. The van der Waals surface area contributed by atoms with Gasteiger partial charge in [-0.05, 0) is 24.0 Å². The smallest absolute Gasteiger partial charge is 0.206 e. The molecule has 0 aliphatic carbocycles. The van der Waals surface area contributed by atoms with Gasteiger partial charge in [0.2, 0.25) is 0 Å². The molecule has 0 N–H and O–H groups in total. The van der Waals surface area contributed by atoms with Gasteiger partial charge in [0.25, 0.3) is 9.05 Å². The second kappa shape index (κ2) is 3.83. The van der Waals surface area contributed by atoms with Crippen LogP contribution in [0.1, 0.15) is 25.6 Å². The zero-order valence-corrected chi connectivity index (χ0v) is 10.8. The molecule has 0 aliphatic heterocycles. The Morgan fingerprint density at radius 3 is 2.29 bits per heavy atom. The topological polar surface area (TPSA) is 34.1 Å². The van der Waals surface area contributed by atoms with Crippen LogP contribution in [0.5, 0.6) is 0 Å². The Balaban J connectivity index is 2.90. The summed E-state index contributed by atoms with van der Waals surface area (Å²) in [6.07, 6.45) is 0.865. The quantitative estimate of drug-likeness (QED) is 0.757. The fraction of sp³-hybridized carbons (Fsp3) is 0.556. The van der Waals surface area contributed by atoms with Gasteiger partial charge in [-0.25, -0.2) is 8.42 Å². The van der Waals surface area contributed by atoms with Crippen LogP contribution in [0, 0.1) is 5.41 Å². The Morgan fingerprint density at radius 2 is 1.93 bits per heavy atom. The van der Waals surface area contributed by atoms with Crippen LogP contribution >= 0.6 is 22.0 Å². The Morgan fingerprint density at radius 1 is 1.36 bits per heavy atom. The second-order valence-electron chi connectivity index (χ2n) is 4.40. The van der Waals surface area contributed by atoms with Crippen LogP contribution in [0.15, 0.2) is 16.3 Å². The molecule has 1 heterocycles. The van der Waals surface area contributed by atoms with Crippen molar-refractivity contribution in [2.24, 2.45) is 5.41 Å². The fourth-order valence-electron chi connectivity index (χ4n) is 1.11. The number of halogens is 1. The molecule has 0 saturated carbocycles. The van der Waals surface area contributed by atoms with Crippen molar-refractivity contribution in [1.82, 2.24) is 0 Å². The number of thiophene rings is 1. The summed E-state index contributed by atoms with van der Waals surface area (Å²) in [7, 11) is 1.68. The molecule has 0 aliphatic rings. The Kier molecular flexibility index (Phi) is 3.29. The Bertz CT molecular complexity index is 412. The van der Waals surface area contributed by atoms with E-state index in [9.17, 15) is 8.42 Å². The van der Waals surface area contributed by atoms with Crippen molar-refractivity contribution in [3.8, 4) is 0 Å². The molecule has 0 spiro atoms. The molecule has 0 saturated heterocycles. The maximum atomic E-state index is 11.0. The summed E-state index contributed by atoms with van der Waals surface area (Å²) >= 11 is 1.25.